The van der Waals surface area contributed by atoms with Gasteiger partial charge < -0.3 is 4.57 Å². The molecule has 0 aliphatic heterocycles. The summed E-state index contributed by atoms with van der Waals surface area (Å²) in [6.45, 7) is 9.14. The number of nitrogens with zero attached hydrogens (tertiary/aromatic N) is 1. The van der Waals surface area contributed by atoms with E-state index in [4.69, 9.17) is 0 Å². The Hall–Kier alpha value is -1.05. The van der Waals surface area contributed by atoms with E-state index >= 15 is 0 Å². The van der Waals surface area contributed by atoms with Crippen LogP contribution in [0.15, 0.2) is 12.3 Å². The summed E-state index contributed by atoms with van der Waals surface area (Å²) in [6.07, 6.45) is 7.82. The minimum absolute atomic E-state index is 0.117. The number of carbonyl (C=O) groups excluding carboxylic acids is 1. The van der Waals surface area contributed by atoms with Gasteiger partial charge in [-0.2, -0.15) is 0 Å². The van der Waals surface area contributed by atoms with Crippen LogP contribution >= 0.6 is 0 Å². The Balaban J connectivity index is 1.96. The van der Waals surface area contributed by atoms with E-state index in [1.54, 1.807) is 0 Å². The van der Waals surface area contributed by atoms with Crippen molar-refractivity contribution in [2.24, 2.45) is 17.3 Å². The first-order valence-electron chi connectivity index (χ1n) is 8.16. The SMILES string of the molecule is CCC1CCC(n2ccc3c2CC(C)(C)CC3=O)C1C. The predicted octanol–water partition coefficient (Wildman–Crippen LogP) is 4.64. The van der Waals surface area contributed by atoms with Gasteiger partial charge >= 0.3 is 0 Å². The summed E-state index contributed by atoms with van der Waals surface area (Å²) in [4.78, 5) is 12.3. The van der Waals surface area contributed by atoms with Crippen molar-refractivity contribution in [2.75, 3.05) is 0 Å². The highest BCUT2D eigenvalue weighted by atomic mass is 16.1. The van der Waals surface area contributed by atoms with Crippen LogP contribution in [0.4, 0.5) is 0 Å². The largest absolute Gasteiger partial charge is 0.347 e. The van der Waals surface area contributed by atoms with E-state index in [-0.39, 0.29) is 5.41 Å². The van der Waals surface area contributed by atoms with E-state index in [9.17, 15) is 4.79 Å². The second-order valence-electron chi connectivity index (χ2n) is 7.70. The average molecular weight is 273 g/mol. The summed E-state index contributed by atoms with van der Waals surface area (Å²) in [5.41, 5.74) is 2.42. The number of rotatable bonds is 2. The van der Waals surface area contributed by atoms with E-state index in [1.165, 1.54) is 25.0 Å². The van der Waals surface area contributed by atoms with Crippen LogP contribution in [0.25, 0.3) is 0 Å². The fourth-order valence-electron chi connectivity index (χ4n) is 4.47. The maximum Gasteiger partial charge on any atom is 0.165 e. The zero-order valence-electron chi connectivity index (χ0n) is 13.3. The smallest absolute Gasteiger partial charge is 0.165 e. The minimum Gasteiger partial charge on any atom is -0.347 e. The van der Waals surface area contributed by atoms with E-state index in [2.05, 4.69) is 44.5 Å². The Morgan fingerprint density at radius 1 is 1.30 bits per heavy atom. The van der Waals surface area contributed by atoms with Gasteiger partial charge in [-0.1, -0.05) is 34.1 Å². The van der Waals surface area contributed by atoms with Gasteiger partial charge in [0.15, 0.2) is 5.78 Å². The van der Waals surface area contributed by atoms with Crippen LogP contribution in [0.5, 0.6) is 0 Å². The molecule has 2 aliphatic rings. The molecule has 1 saturated carbocycles. The maximum atomic E-state index is 12.3. The fourth-order valence-corrected chi connectivity index (χ4v) is 4.47. The number of hydrogen-bond acceptors (Lipinski definition) is 1. The fraction of sp³-hybridized carbons (Fsp3) is 0.722. The molecule has 0 bridgehead atoms. The minimum atomic E-state index is 0.117. The third-order valence-corrected chi connectivity index (χ3v) is 5.68. The molecule has 0 amide bonds. The molecule has 3 rings (SSSR count). The van der Waals surface area contributed by atoms with Crippen LogP contribution in [-0.4, -0.2) is 10.4 Å². The van der Waals surface area contributed by atoms with Crippen molar-refractivity contribution in [3.8, 4) is 0 Å². The van der Waals surface area contributed by atoms with Crippen molar-refractivity contribution in [3.05, 3.63) is 23.5 Å². The standard InChI is InChI=1S/C18H27NO/c1-5-13-6-7-15(12(13)2)19-9-8-14-16(19)10-18(3,4)11-17(14)20/h8-9,12-13,15H,5-7,10-11H2,1-4H3. The first kappa shape index (κ1) is 13.9. The molecule has 3 atom stereocenters. The van der Waals surface area contributed by atoms with Crippen LogP contribution < -0.4 is 0 Å². The van der Waals surface area contributed by atoms with Crippen molar-refractivity contribution in [1.29, 1.82) is 0 Å². The molecule has 2 nitrogen and oxygen atoms in total. The first-order valence-corrected chi connectivity index (χ1v) is 8.16. The molecule has 3 unspecified atom stereocenters. The molecular formula is C18H27NO. The molecule has 0 radical (unpaired) electrons. The molecule has 0 saturated heterocycles. The molecule has 2 aliphatic carbocycles. The molecule has 20 heavy (non-hydrogen) atoms. The number of fused-ring (bicyclic) bond motifs is 1. The van der Waals surface area contributed by atoms with Gasteiger partial charge in [0.25, 0.3) is 0 Å². The van der Waals surface area contributed by atoms with Gasteiger partial charge in [0.2, 0.25) is 0 Å². The number of Topliss-reactive ketones (excluding diaryl/α,β-unsaturated/α-hetero) is 1. The number of hydrogen-bond donors (Lipinski definition) is 0. The number of carbonyl (C=O) groups is 1. The highest BCUT2D eigenvalue weighted by Crippen LogP contribution is 2.44. The third-order valence-electron chi connectivity index (χ3n) is 5.68. The van der Waals surface area contributed by atoms with Gasteiger partial charge in [-0.05, 0) is 42.6 Å². The Labute approximate surface area is 122 Å². The lowest BCUT2D eigenvalue weighted by Crippen LogP contribution is -2.29. The van der Waals surface area contributed by atoms with Crippen molar-refractivity contribution < 1.29 is 4.79 Å². The second kappa shape index (κ2) is 4.75. The molecule has 110 valence electrons. The van der Waals surface area contributed by atoms with Gasteiger partial charge in [0.05, 0.1) is 0 Å². The van der Waals surface area contributed by atoms with E-state index in [1.807, 2.05) is 0 Å². The summed E-state index contributed by atoms with van der Waals surface area (Å²) in [6, 6.07) is 2.67. The van der Waals surface area contributed by atoms with E-state index in [0.717, 1.165) is 23.8 Å². The van der Waals surface area contributed by atoms with Crippen LogP contribution in [0.3, 0.4) is 0 Å². The molecule has 1 fully saturated rings. The lowest BCUT2D eigenvalue weighted by atomic mass is 9.76. The quantitative estimate of drug-likeness (QED) is 0.769. The third kappa shape index (κ3) is 2.13. The van der Waals surface area contributed by atoms with Crippen LogP contribution in [0.1, 0.15) is 75.5 Å². The monoisotopic (exact) mass is 273 g/mol. The summed E-state index contributed by atoms with van der Waals surface area (Å²) < 4.78 is 2.45. The first-order chi connectivity index (χ1) is 9.43. The summed E-state index contributed by atoms with van der Waals surface area (Å²) in [5.74, 6) is 1.93. The summed E-state index contributed by atoms with van der Waals surface area (Å²) >= 11 is 0. The van der Waals surface area contributed by atoms with Crippen molar-refractivity contribution in [3.63, 3.8) is 0 Å². The van der Waals surface area contributed by atoms with Gasteiger partial charge in [0, 0.05) is 29.9 Å². The molecule has 1 heterocycles. The molecule has 2 heteroatoms. The molecule has 1 aromatic heterocycles. The van der Waals surface area contributed by atoms with Gasteiger partial charge in [-0.3, -0.25) is 4.79 Å². The van der Waals surface area contributed by atoms with E-state index in [0.29, 0.717) is 18.2 Å². The van der Waals surface area contributed by atoms with Gasteiger partial charge in [-0.25, -0.2) is 0 Å². The van der Waals surface area contributed by atoms with Crippen LogP contribution in [-0.2, 0) is 6.42 Å². The number of aromatic nitrogens is 1. The van der Waals surface area contributed by atoms with Crippen molar-refractivity contribution in [2.45, 2.75) is 65.8 Å². The number of ketones is 1. The lowest BCUT2D eigenvalue weighted by Gasteiger charge is -2.32. The molecular weight excluding hydrogens is 246 g/mol. The van der Waals surface area contributed by atoms with Gasteiger partial charge in [0.1, 0.15) is 0 Å². The van der Waals surface area contributed by atoms with Crippen LogP contribution in [0.2, 0.25) is 0 Å². The predicted molar refractivity (Wildman–Crippen MR) is 82.1 cm³/mol. The van der Waals surface area contributed by atoms with Gasteiger partial charge in [-0.15, -0.1) is 0 Å². The molecule has 0 aromatic carbocycles. The Morgan fingerprint density at radius 2 is 2.05 bits per heavy atom. The van der Waals surface area contributed by atoms with Crippen molar-refractivity contribution in [1.82, 2.24) is 4.57 Å². The Morgan fingerprint density at radius 3 is 2.70 bits per heavy atom. The lowest BCUT2D eigenvalue weighted by molar-refractivity contribution is 0.0908. The molecule has 1 aromatic rings. The maximum absolute atomic E-state index is 12.3. The van der Waals surface area contributed by atoms with E-state index < -0.39 is 0 Å². The molecule has 0 spiro atoms. The Kier molecular flexibility index (Phi) is 3.30. The van der Waals surface area contributed by atoms with Crippen LogP contribution in [0, 0.1) is 17.3 Å². The summed E-state index contributed by atoms with van der Waals surface area (Å²) in [7, 11) is 0. The zero-order valence-corrected chi connectivity index (χ0v) is 13.3. The average Bonchev–Trinajstić information content (AvgIpc) is 2.91. The Bertz CT molecular complexity index is 526. The molecule has 0 N–H and O–H groups in total. The zero-order chi connectivity index (χ0) is 14.5. The highest BCUT2D eigenvalue weighted by Gasteiger charge is 2.38. The normalized spacial score (nSPS) is 32.4. The highest BCUT2D eigenvalue weighted by molar-refractivity contribution is 5.98. The summed E-state index contributed by atoms with van der Waals surface area (Å²) in [5, 5.41) is 0. The second-order valence-corrected chi connectivity index (χ2v) is 7.70. The van der Waals surface area contributed by atoms with Crippen molar-refractivity contribution >= 4 is 5.78 Å². The topological polar surface area (TPSA) is 22.0 Å².